The molecular weight excluding hydrogens is 527 g/mol. The van der Waals surface area contributed by atoms with E-state index >= 15 is 0 Å². The molecule has 0 saturated carbocycles. The van der Waals surface area contributed by atoms with Gasteiger partial charge in [0.15, 0.2) is 0 Å². The largest absolute Gasteiger partial charge is 0.481 e. The number of carboxylic acid groups (broad SMARTS) is 1. The molecule has 0 bridgehead atoms. The average Bonchev–Trinajstić information content (AvgIpc) is 3.21. The number of nitrogens with zero attached hydrogens (tertiary/aromatic N) is 1. The number of rotatable bonds is 12. The lowest BCUT2D eigenvalue weighted by Gasteiger charge is -2.09. The molecule has 0 amide bonds. The second kappa shape index (κ2) is 15.5. The molecule has 5 nitrogen and oxygen atoms in total. The van der Waals surface area contributed by atoms with Gasteiger partial charge in [0, 0.05) is 32.8 Å². The Hall–Kier alpha value is -1.34. The minimum absolute atomic E-state index is 0.196. The number of pyridine rings is 1. The number of ether oxygens (including phenoxy) is 1. The van der Waals surface area contributed by atoms with Crippen molar-refractivity contribution in [1.29, 1.82) is 0 Å². The summed E-state index contributed by atoms with van der Waals surface area (Å²) in [6.07, 6.45) is 12.4. The zero-order valence-electron chi connectivity index (χ0n) is 19.1. The highest BCUT2D eigenvalue weighted by Crippen LogP contribution is 2.31. The number of nitrogens with one attached hydrogen (secondary N) is 1. The highest BCUT2D eigenvalue weighted by molar-refractivity contribution is 9.10. The Morgan fingerprint density at radius 2 is 1.88 bits per heavy atom. The highest BCUT2D eigenvalue weighted by Gasteiger charge is 2.30. The maximum Gasteiger partial charge on any atom is 0.314 e. The number of hydrogen-bond donors (Lipinski definition) is 2. The van der Waals surface area contributed by atoms with E-state index in [9.17, 15) is 4.79 Å². The molecule has 182 valence electrons. The van der Waals surface area contributed by atoms with Gasteiger partial charge >= 0.3 is 5.97 Å². The van der Waals surface area contributed by atoms with Crippen molar-refractivity contribution in [3.63, 3.8) is 0 Å². The maximum atomic E-state index is 10.7. The van der Waals surface area contributed by atoms with Gasteiger partial charge in [-0.15, -0.1) is 0 Å². The predicted octanol–water partition coefficient (Wildman–Crippen LogP) is 7.63. The van der Waals surface area contributed by atoms with Crippen molar-refractivity contribution < 1.29 is 14.6 Å². The molecule has 2 aromatic rings. The maximum absolute atomic E-state index is 10.7. The normalized spacial score (nSPS) is 14.2. The molecule has 1 unspecified atom stereocenters. The molecule has 33 heavy (non-hydrogen) atoms. The second-order valence-electron chi connectivity index (χ2n) is 8.10. The van der Waals surface area contributed by atoms with Crippen LogP contribution in [0.1, 0.15) is 75.3 Å². The molecular formula is C25H33BrCl2N2O3. The molecule has 1 aromatic carbocycles. The first kappa shape index (κ1) is 27.9. The Labute approximate surface area is 215 Å². The van der Waals surface area contributed by atoms with Gasteiger partial charge in [-0.2, -0.15) is 0 Å². The number of benzene rings is 1. The Morgan fingerprint density at radius 3 is 2.55 bits per heavy atom. The van der Waals surface area contributed by atoms with E-state index in [2.05, 4.69) is 33.2 Å². The van der Waals surface area contributed by atoms with Gasteiger partial charge in [-0.3, -0.25) is 4.79 Å². The first-order valence-electron chi connectivity index (χ1n) is 11.6. The van der Waals surface area contributed by atoms with E-state index in [1.165, 1.54) is 51.4 Å². The topological polar surface area (TPSA) is 71.5 Å². The molecule has 0 radical (unpaired) electrons. The summed E-state index contributed by atoms with van der Waals surface area (Å²) in [6, 6.07) is 7.12. The third-order valence-electron chi connectivity index (χ3n) is 5.48. The number of fused-ring (bicyclic) bond motifs is 1. The molecule has 1 aromatic heterocycles. The lowest BCUT2D eigenvalue weighted by molar-refractivity contribution is -0.138. The van der Waals surface area contributed by atoms with E-state index in [-0.39, 0.29) is 6.61 Å². The van der Waals surface area contributed by atoms with Crippen molar-refractivity contribution in [2.75, 3.05) is 13.2 Å². The summed E-state index contributed by atoms with van der Waals surface area (Å²) in [4.78, 5) is 14.6. The number of hydrogen-bond acceptors (Lipinski definition) is 4. The third kappa shape index (κ3) is 9.81. The Bertz CT molecular complexity index is 859. The van der Waals surface area contributed by atoms with Crippen molar-refractivity contribution in [1.82, 2.24) is 10.3 Å². The molecule has 1 aliphatic rings. The van der Waals surface area contributed by atoms with Gasteiger partial charge in [0.05, 0.1) is 0 Å². The summed E-state index contributed by atoms with van der Waals surface area (Å²) >= 11 is 15.7. The number of carbonyl (C=O) groups is 1. The molecule has 0 saturated heterocycles. The third-order valence-corrected chi connectivity index (χ3v) is 6.74. The van der Waals surface area contributed by atoms with Crippen LogP contribution in [0.25, 0.3) is 0 Å². The fraction of sp³-hybridized carbons (Fsp3) is 0.520. The fourth-order valence-electron chi connectivity index (χ4n) is 3.58. The minimum atomic E-state index is -0.859. The van der Waals surface area contributed by atoms with Crippen molar-refractivity contribution in [2.45, 2.75) is 70.8 Å². The first-order chi connectivity index (χ1) is 15.9. The standard InChI is InChI=1S/C17H26BrCl2N.C8H7NO3/c1-2-3-4-5-6-7-8-9-10-21-13-15-16(18)11-14(19)12-17(15)20;10-8(11)6-4-12-7-5(6)2-1-3-9-7/h11-12,21H,2-10,13H2,1H3;1-3,6H,4H2,(H,10,11). The van der Waals surface area contributed by atoms with Crippen molar-refractivity contribution >= 4 is 45.1 Å². The van der Waals surface area contributed by atoms with Crippen LogP contribution in [0.2, 0.25) is 10.0 Å². The highest BCUT2D eigenvalue weighted by atomic mass is 79.9. The van der Waals surface area contributed by atoms with Crippen molar-refractivity contribution in [2.24, 2.45) is 0 Å². The lowest BCUT2D eigenvalue weighted by atomic mass is 10.0. The number of carboxylic acids is 1. The summed E-state index contributed by atoms with van der Waals surface area (Å²) in [5.41, 5.74) is 1.76. The van der Waals surface area contributed by atoms with Crippen LogP contribution in [-0.2, 0) is 11.3 Å². The Balaban J connectivity index is 0.000000268. The molecule has 0 fully saturated rings. The van der Waals surface area contributed by atoms with Gasteiger partial charge in [-0.1, -0.05) is 97.1 Å². The molecule has 3 rings (SSSR count). The molecule has 1 atom stereocenters. The summed E-state index contributed by atoms with van der Waals surface area (Å²) in [6.45, 7) is 4.28. The number of halogens is 3. The van der Waals surface area contributed by atoms with Gasteiger partial charge < -0.3 is 15.2 Å². The average molecular weight is 560 g/mol. The van der Waals surface area contributed by atoms with Gasteiger partial charge in [-0.05, 0) is 36.7 Å². The summed E-state index contributed by atoms with van der Waals surface area (Å²) in [5, 5.41) is 13.6. The molecule has 1 aliphatic heterocycles. The number of unbranched alkanes of at least 4 members (excludes halogenated alkanes) is 7. The molecule has 0 aliphatic carbocycles. The Kier molecular flexibility index (Phi) is 13.1. The zero-order chi connectivity index (χ0) is 24.1. The Morgan fingerprint density at radius 1 is 1.18 bits per heavy atom. The van der Waals surface area contributed by atoms with Crippen LogP contribution in [0.15, 0.2) is 34.9 Å². The van der Waals surface area contributed by atoms with Crippen LogP contribution >= 0.6 is 39.1 Å². The van der Waals surface area contributed by atoms with Crippen LogP contribution in [-0.4, -0.2) is 29.2 Å². The van der Waals surface area contributed by atoms with Crippen LogP contribution in [0.5, 0.6) is 5.88 Å². The van der Waals surface area contributed by atoms with Gasteiger partial charge in [0.2, 0.25) is 5.88 Å². The van der Waals surface area contributed by atoms with Crippen LogP contribution in [0.4, 0.5) is 0 Å². The van der Waals surface area contributed by atoms with E-state index in [0.717, 1.165) is 28.1 Å². The molecule has 0 spiro atoms. The molecule has 8 heteroatoms. The monoisotopic (exact) mass is 558 g/mol. The molecule has 2 N–H and O–H groups in total. The van der Waals surface area contributed by atoms with E-state index in [1.807, 2.05) is 6.07 Å². The van der Waals surface area contributed by atoms with Crippen LogP contribution in [0.3, 0.4) is 0 Å². The van der Waals surface area contributed by atoms with Crippen LogP contribution < -0.4 is 10.1 Å². The summed E-state index contributed by atoms with van der Waals surface area (Å²) < 4.78 is 6.06. The second-order valence-corrected chi connectivity index (χ2v) is 9.80. The van der Waals surface area contributed by atoms with Gasteiger partial charge in [0.1, 0.15) is 12.5 Å². The van der Waals surface area contributed by atoms with Gasteiger partial charge in [-0.25, -0.2) is 4.98 Å². The SMILES string of the molecule is CCCCCCCCCCNCc1c(Cl)cc(Cl)cc1Br.O=C(O)C1COc2ncccc21. The minimum Gasteiger partial charge on any atom is -0.481 e. The smallest absolute Gasteiger partial charge is 0.314 e. The molecule has 2 heterocycles. The van der Waals surface area contributed by atoms with Gasteiger partial charge in [0.25, 0.3) is 0 Å². The summed E-state index contributed by atoms with van der Waals surface area (Å²) in [7, 11) is 0. The van der Waals surface area contributed by atoms with E-state index in [4.69, 9.17) is 33.0 Å². The van der Waals surface area contributed by atoms with E-state index in [0.29, 0.717) is 16.5 Å². The zero-order valence-corrected chi connectivity index (χ0v) is 22.2. The quantitative estimate of drug-likeness (QED) is 0.261. The van der Waals surface area contributed by atoms with Crippen molar-refractivity contribution in [3.05, 3.63) is 56.1 Å². The number of aromatic nitrogens is 1. The predicted molar refractivity (Wildman–Crippen MR) is 139 cm³/mol. The number of aliphatic carboxylic acids is 1. The van der Waals surface area contributed by atoms with Crippen LogP contribution in [0, 0.1) is 0 Å². The lowest BCUT2D eigenvalue weighted by Crippen LogP contribution is -2.15. The first-order valence-corrected chi connectivity index (χ1v) is 13.1. The summed E-state index contributed by atoms with van der Waals surface area (Å²) in [5.74, 6) is -0.958. The van der Waals surface area contributed by atoms with E-state index in [1.54, 1.807) is 24.4 Å². The van der Waals surface area contributed by atoms with Crippen molar-refractivity contribution in [3.8, 4) is 5.88 Å². The fourth-order valence-corrected chi connectivity index (χ4v) is 4.99. The van der Waals surface area contributed by atoms with E-state index < -0.39 is 11.9 Å².